The molecule has 2 aliphatic rings. The molecule has 32 heavy (non-hydrogen) atoms. The number of thioether (sulfide) groups is 1. The molecule has 0 amide bonds. The van der Waals surface area contributed by atoms with Gasteiger partial charge in [0, 0.05) is 26.1 Å². The highest BCUT2D eigenvalue weighted by molar-refractivity contribution is 9.11. The van der Waals surface area contributed by atoms with Crippen molar-refractivity contribution >= 4 is 60.4 Å². The van der Waals surface area contributed by atoms with Crippen LogP contribution in [0, 0.1) is 5.92 Å². The second-order valence-electron chi connectivity index (χ2n) is 7.64. The maximum atomic E-state index is 13.5. The highest BCUT2D eigenvalue weighted by atomic mass is 79.9. The van der Waals surface area contributed by atoms with E-state index in [0.29, 0.717) is 29.3 Å². The number of fused-ring (bicyclic) bond motifs is 1. The number of benzene rings is 2. The van der Waals surface area contributed by atoms with Gasteiger partial charge in [0.25, 0.3) is 0 Å². The number of carbonyl (C=O) groups excluding carboxylic acids is 2. The number of hydrogen-bond donors (Lipinski definition) is 1. The van der Waals surface area contributed by atoms with Crippen molar-refractivity contribution in [3.8, 4) is 0 Å². The first-order valence-electron chi connectivity index (χ1n) is 10.4. The number of nitrogens with zero attached hydrogens (tertiary/aromatic N) is 1. The van der Waals surface area contributed by atoms with E-state index in [9.17, 15) is 9.59 Å². The zero-order valence-corrected chi connectivity index (χ0v) is 21.7. The van der Waals surface area contributed by atoms with E-state index in [1.165, 1.54) is 11.8 Å². The quantitative estimate of drug-likeness (QED) is 0.434. The predicted molar refractivity (Wildman–Crippen MR) is 138 cm³/mol. The molecule has 164 valence electrons. The summed E-state index contributed by atoms with van der Waals surface area (Å²) in [4.78, 5) is 31.2. The van der Waals surface area contributed by atoms with Crippen LogP contribution in [-0.4, -0.2) is 22.5 Å². The molecule has 7 heteroatoms. The maximum absolute atomic E-state index is 13.5. The Hall–Kier alpha value is -1.96. The largest absolute Gasteiger partial charge is 0.346 e. The Kier molecular flexibility index (Phi) is 7.17. The van der Waals surface area contributed by atoms with Gasteiger partial charge < -0.3 is 5.32 Å². The van der Waals surface area contributed by atoms with Gasteiger partial charge in [-0.2, -0.15) is 0 Å². The first-order valence-corrected chi connectivity index (χ1v) is 12.9. The summed E-state index contributed by atoms with van der Waals surface area (Å²) in [5, 5.41) is 3.27. The van der Waals surface area contributed by atoms with Crippen LogP contribution in [0.25, 0.3) is 0 Å². The van der Waals surface area contributed by atoms with Crippen molar-refractivity contribution in [3.63, 3.8) is 0 Å². The fourth-order valence-corrected chi connectivity index (χ4v) is 5.69. The molecule has 0 aromatic heterocycles. The van der Waals surface area contributed by atoms with Gasteiger partial charge in [0.15, 0.2) is 5.78 Å². The van der Waals surface area contributed by atoms with Crippen LogP contribution in [0.4, 0.5) is 0 Å². The van der Waals surface area contributed by atoms with Gasteiger partial charge in [-0.05, 0) is 48.4 Å². The van der Waals surface area contributed by atoms with Gasteiger partial charge in [-0.3, -0.25) is 9.59 Å². The van der Waals surface area contributed by atoms with Crippen molar-refractivity contribution in [2.75, 3.05) is 5.75 Å². The van der Waals surface area contributed by atoms with Crippen molar-refractivity contribution in [2.24, 2.45) is 10.9 Å². The fraction of sp³-hybridized carbons (Fsp3) is 0.240. The van der Waals surface area contributed by atoms with Crippen LogP contribution in [0.3, 0.4) is 0 Å². The molecule has 0 fully saturated rings. The van der Waals surface area contributed by atoms with Crippen molar-refractivity contribution in [1.82, 2.24) is 5.32 Å². The molecule has 4 nitrogen and oxygen atoms in total. The second kappa shape index (κ2) is 9.89. The van der Waals surface area contributed by atoms with E-state index in [1.54, 1.807) is 0 Å². The molecule has 2 unspecified atom stereocenters. The predicted octanol–water partition coefficient (Wildman–Crippen LogP) is 6.18. The summed E-state index contributed by atoms with van der Waals surface area (Å²) in [5.74, 6) is 0.391. The SMILES string of the molecule is CCSC(=O)C1=C(C)NC2=N/C(=C\Cc3cc(Br)ccc3Br)C(=O)C2C1c1ccccc1. The summed E-state index contributed by atoms with van der Waals surface area (Å²) in [6, 6.07) is 15.8. The Morgan fingerprint density at radius 2 is 1.91 bits per heavy atom. The summed E-state index contributed by atoms with van der Waals surface area (Å²) < 4.78 is 1.96. The minimum absolute atomic E-state index is 0.00805. The Morgan fingerprint density at radius 3 is 2.62 bits per heavy atom. The van der Waals surface area contributed by atoms with Crippen LogP contribution in [0.5, 0.6) is 0 Å². The van der Waals surface area contributed by atoms with E-state index >= 15 is 0 Å². The first kappa shape index (κ1) is 23.2. The summed E-state index contributed by atoms with van der Waals surface area (Å²) in [7, 11) is 0. The van der Waals surface area contributed by atoms with Gasteiger partial charge in [-0.1, -0.05) is 87.0 Å². The van der Waals surface area contributed by atoms with E-state index < -0.39 is 5.92 Å². The number of ketones is 1. The lowest BCUT2D eigenvalue weighted by molar-refractivity contribution is -0.117. The molecule has 0 aliphatic carbocycles. The molecule has 0 spiro atoms. The number of Topliss-reactive ketones (excluding diaryl/α,β-unsaturated/α-hetero) is 1. The zero-order valence-electron chi connectivity index (χ0n) is 17.7. The van der Waals surface area contributed by atoms with Crippen molar-refractivity contribution in [1.29, 1.82) is 0 Å². The topological polar surface area (TPSA) is 58.5 Å². The molecule has 4 rings (SSSR count). The number of amidine groups is 1. The van der Waals surface area contributed by atoms with E-state index in [2.05, 4.69) is 42.2 Å². The minimum atomic E-state index is -0.519. The van der Waals surface area contributed by atoms with E-state index in [0.717, 1.165) is 25.8 Å². The zero-order chi connectivity index (χ0) is 22.8. The number of hydrogen-bond acceptors (Lipinski definition) is 5. The summed E-state index contributed by atoms with van der Waals surface area (Å²) in [6.07, 6.45) is 2.45. The normalized spacial score (nSPS) is 21.4. The van der Waals surface area contributed by atoms with Crippen molar-refractivity contribution in [2.45, 2.75) is 26.2 Å². The summed E-state index contributed by atoms with van der Waals surface area (Å²) >= 11 is 8.35. The fourth-order valence-electron chi connectivity index (χ4n) is 4.17. The molecular formula is C25H22Br2N2O2S. The molecule has 0 radical (unpaired) electrons. The van der Waals surface area contributed by atoms with Gasteiger partial charge in [-0.25, -0.2) is 4.99 Å². The van der Waals surface area contributed by atoms with Gasteiger partial charge in [0.1, 0.15) is 11.5 Å². The minimum Gasteiger partial charge on any atom is -0.346 e. The van der Waals surface area contributed by atoms with Crippen molar-refractivity contribution in [3.05, 3.63) is 91.6 Å². The summed E-state index contributed by atoms with van der Waals surface area (Å²) in [6.45, 7) is 3.85. The smallest absolute Gasteiger partial charge is 0.217 e. The highest BCUT2D eigenvalue weighted by Gasteiger charge is 2.46. The summed E-state index contributed by atoms with van der Waals surface area (Å²) in [5.41, 5.74) is 3.89. The van der Waals surface area contributed by atoms with E-state index in [4.69, 9.17) is 0 Å². The van der Waals surface area contributed by atoms with Gasteiger partial charge in [-0.15, -0.1) is 0 Å². The lowest BCUT2D eigenvalue weighted by Crippen LogP contribution is -2.42. The van der Waals surface area contributed by atoms with Crippen LogP contribution in [-0.2, 0) is 16.0 Å². The Bertz CT molecular complexity index is 1170. The van der Waals surface area contributed by atoms with Gasteiger partial charge >= 0.3 is 0 Å². The molecule has 1 N–H and O–H groups in total. The van der Waals surface area contributed by atoms with Crippen LogP contribution in [0.1, 0.15) is 30.9 Å². The van der Waals surface area contributed by atoms with Crippen LogP contribution < -0.4 is 5.32 Å². The average Bonchev–Trinajstić information content (AvgIpc) is 3.09. The lowest BCUT2D eigenvalue weighted by atomic mass is 9.75. The third kappa shape index (κ3) is 4.56. The Balaban J connectivity index is 1.72. The molecule has 0 bridgehead atoms. The van der Waals surface area contributed by atoms with Crippen LogP contribution in [0.15, 0.2) is 85.5 Å². The Labute approximate surface area is 208 Å². The highest BCUT2D eigenvalue weighted by Crippen LogP contribution is 2.43. The number of allylic oxidation sites excluding steroid dienone is 3. The molecule has 2 aromatic rings. The van der Waals surface area contributed by atoms with Crippen LogP contribution in [0.2, 0.25) is 0 Å². The van der Waals surface area contributed by atoms with Gasteiger partial charge in [0.2, 0.25) is 5.12 Å². The van der Waals surface area contributed by atoms with Crippen molar-refractivity contribution < 1.29 is 9.59 Å². The molecule has 0 saturated carbocycles. The van der Waals surface area contributed by atoms with Crippen LogP contribution >= 0.6 is 43.6 Å². The molecule has 0 saturated heterocycles. The molecule has 2 aromatic carbocycles. The first-order chi connectivity index (χ1) is 15.4. The number of halogens is 2. The molecule has 2 aliphatic heterocycles. The Morgan fingerprint density at radius 1 is 1.16 bits per heavy atom. The molecule has 2 heterocycles. The lowest BCUT2D eigenvalue weighted by Gasteiger charge is -2.32. The monoisotopic (exact) mass is 572 g/mol. The van der Waals surface area contributed by atoms with E-state index in [1.807, 2.05) is 68.5 Å². The second-order valence-corrected chi connectivity index (χ2v) is 10.6. The number of nitrogens with one attached hydrogen (secondary N) is 1. The number of carbonyl (C=O) groups is 2. The molecular weight excluding hydrogens is 552 g/mol. The van der Waals surface area contributed by atoms with Gasteiger partial charge in [0.05, 0.1) is 5.92 Å². The number of rotatable bonds is 5. The van der Waals surface area contributed by atoms with E-state index in [-0.39, 0.29) is 16.8 Å². The number of aliphatic imine (C=N–C) groups is 1. The third-order valence-electron chi connectivity index (χ3n) is 5.61. The third-order valence-corrected chi connectivity index (χ3v) is 7.65. The average molecular weight is 574 g/mol. The molecule has 2 atom stereocenters. The standard InChI is InChI=1S/C25H22Br2N2O2S/c1-3-32-25(31)20-14(2)28-24-22(21(20)15-7-5-4-6-8-15)23(30)19(29-24)12-9-16-13-17(26)10-11-18(16)27/h4-8,10-13,21-22H,3,9H2,1-2H3,(H,28,29)/b19-12-. The maximum Gasteiger partial charge on any atom is 0.217 e.